The van der Waals surface area contributed by atoms with Crippen molar-refractivity contribution in [2.45, 2.75) is 44.9 Å². The van der Waals surface area contributed by atoms with E-state index in [4.69, 9.17) is 21.1 Å². The topological polar surface area (TPSA) is 47.6 Å². The number of hydrogen-bond donors (Lipinski definition) is 1. The van der Waals surface area contributed by atoms with Gasteiger partial charge in [-0.15, -0.1) is 0 Å². The van der Waals surface area contributed by atoms with Gasteiger partial charge in [0.05, 0.1) is 11.1 Å². The van der Waals surface area contributed by atoms with Crippen LogP contribution in [0.15, 0.2) is 18.2 Å². The van der Waals surface area contributed by atoms with Gasteiger partial charge in [-0.2, -0.15) is 0 Å². The summed E-state index contributed by atoms with van der Waals surface area (Å²) in [7, 11) is 0. The molecule has 1 heterocycles. The number of halogens is 2. The molecule has 0 radical (unpaired) electrons. The standard InChI is InChI=1S/C15H19ClFNO3/c1-9-7-12(5-6-20-9)18-15(19)10(2)21-14-4-3-11(17)8-13(14)16/h3-4,8-10,12H,5-7H2,1-2H3,(H,18,19)/t9-,10+,12-/m1/s1. The Hall–Kier alpha value is -1.33. The van der Waals surface area contributed by atoms with Crippen LogP contribution in [0.1, 0.15) is 26.7 Å². The van der Waals surface area contributed by atoms with Crippen molar-refractivity contribution in [3.05, 3.63) is 29.0 Å². The van der Waals surface area contributed by atoms with Crippen LogP contribution in [0.5, 0.6) is 5.75 Å². The summed E-state index contributed by atoms with van der Waals surface area (Å²) < 4.78 is 23.9. The van der Waals surface area contributed by atoms with Crippen molar-refractivity contribution in [3.8, 4) is 5.75 Å². The number of carbonyl (C=O) groups excluding carboxylic acids is 1. The second kappa shape index (κ2) is 7.09. The molecule has 1 aromatic rings. The highest BCUT2D eigenvalue weighted by Gasteiger charge is 2.24. The second-order valence-corrected chi connectivity index (χ2v) is 5.65. The number of carbonyl (C=O) groups is 1. The van der Waals surface area contributed by atoms with E-state index in [0.717, 1.165) is 18.9 Å². The van der Waals surface area contributed by atoms with Gasteiger partial charge in [-0.3, -0.25) is 4.79 Å². The summed E-state index contributed by atoms with van der Waals surface area (Å²) in [5, 5.41) is 3.09. The Balaban J connectivity index is 1.90. The molecule has 1 amide bonds. The molecule has 0 bridgehead atoms. The molecule has 1 aromatic carbocycles. The van der Waals surface area contributed by atoms with Gasteiger partial charge in [0.15, 0.2) is 6.10 Å². The highest BCUT2D eigenvalue weighted by Crippen LogP contribution is 2.26. The van der Waals surface area contributed by atoms with Crippen LogP contribution in [0.2, 0.25) is 5.02 Å². The molecule has 116 valence electrons. The van der Waals surface area contributed by atoms with Gasteiger partial charge in [0, 0.05) is 12.6 Å². The molecule has 4 nitrogen and oxygen atoms in total. The van der Waals surface area contributed by atoms with E-state index in [9.17, 15) is 9.18 Å². The molecule has 0 saturated carbocycles. The third kappa shape index (κ3) is 4.58. The highest BCUT2D eigenvalue weighted by atomic mass is 35.5. The number of nitrogens with one attached hydrogen (secondary N) is 1. The van der Waals surface area contributed by atoms with Gasteiger partial charge in [0.1, 0.15) is 11.6 Å². The molecular formula is C15H19ClFNO3. The maximum atomic E-state index is 13.0. The molecule has 3 atom stereocenters. The number of amides is 1. The molecule has 1 aliphatic heterocycles. The fraction of sp³-hybridized carbons (Fsp3) is 0.533. The second-order valence-electron chi connectivity index (χ2n) is 5.25. The van der Waals surface area contributed by atoms with Gasteiger partial charge in [-0.05, 0) is 44.9 Å². The van der Waals surface area contributed by atoms with E-state index in [0.29, 0.717) is 12.4 Å². The van der Waals surface area contributed by atoms with E-state index in [1.54, 1.807) is 6.92 Å². The first-order chi connectivity index (χ1) is 9.95. The Morgan fingerprint density at radius 2 is 2.33 bits per heavy atom. The maximum absolute atomic E-state index is 13.0. The largest absolute Gasteiger partial charge is 0.479 e. The lowest BCUT2D eigenvalue weighted by atomic mass is 10.0. The van der Waals surface area contributed by atoms with Gasteiger partial charge in [-0.1, -0.05) is 11.6 Å². The van der Waals surface area contributed by atoms with Gasteiger partial charge in [-0.25, -0.2) is 4.39 Å². The minimum absolute atomic E-state index is 0.0935. The number of hydrogen-bond acceptors (Lipinski definition) is 3. The first-order valence-electron chi connectivity index (χ1n) is 6.99. The van der Waals surface area contributed by atoms with Gasteiger partial charge in [0.25, 0.3) is 5.91 Å². The third-order valence-electron chi connectivity index (χ3n) is 3.40. The molecule has 1 N–H and O–H groups in total. The van der Waals surface area contributed by atoms with E-state index >= 15 is 0 Å². The summed E-state index contributed by atoms with van der Waals surface area (Å²) in [6.45, 7) is 4.26. The minimum atomic E-state index is -0.703. The predicted molar refractivity (Wildman–Crippen MR) is 78.1 cm³/mol. The lowest BCUT2D eigenvalue weighted by Crippen LogP contribution is -2.46. The number of benzene rings is 1. The SMILES string of the molecule is C[C@@H]1C[C@H](NC(=O)[C@H](C)Oc2ccc(F)cc2Cl)CCO1. The van der Waals surface area contributed by atoms with Crippen molar-refractivity contribution in [1.29, 1.82) is 0 Å². The Bertz CT molecular complexity index is 512. The molecule has 0 spiro atoms. The third-order valence-corrected chi connectivity index (χ3v) is 3.69. The fourth-order valence-electron chi connectivity index (χ4n) is 2.26. The van der Waals surface area contributed by atoms with E-state index < -0.39 is 11.9 Å². The lowest BCUT2D eigenvalue weighted by Gasteiger charge is -2.29. The van der Waals surface area contributed by atoms with Crippen LogP contribution in [-0.2, 0) is 9.53 Å². The Kier molecular flexibility index (Phi) is 5.42. The maximum Gasteiger partial charge on any atom is 0.260 e. The first-order valence-corrected chi connectivity index (χ1v) is 7.37. The summed E-state index contributed by atoms with van der Waals surface area (Å²) in [5.41, 5.74) is 0. The molecule has 1 fully saturated rings. The zero-order valence-corrected chi connectivity index (χ0v) is 12.8. The minimum Gasteiger partial charge on any atom is -0.479 e. The summed E-state index contributed by atoms with van der Waals surface area (Å²) in [6.07, 6.45) is 1.02. The van der Waals surface area contributed by atoms with Crippen LogP contribution in [0.25, 0.3) is 0 Å². The molecule has 21 heavy (non-hydrogen) atoms. The number of ether oxygens (including phenoxy) is 2. The average Bonchev–Trinajstić information content (AvgIpc) is 2.41. The molecule has 0 unspecified atom stereocenters. The molecule has 2 rings (SSSR count). The first kappa shape index (κ1) is 16.0. The van der Waals surface area contributed by atoms with Crippen molar-refractivity contribution in [3.63, 3.8) is 0 Å². The van der Waals surface area contributed by atoms with Gasteiger partial charge >= 0.3 is 0 Å². The zero-order chi connectivity index (χ0) is 15.4. The molecule has 6 heteroatoms. The summed E-state index contributed by atoms with van der Waals surface area (Å²) >= 11 is 5.88. The van der Waals surface area contributed by atoms with Crippen molar-refractivity contribution in [2.24, 2.45) is 0 Å². The van der Waals surface area contributed by atoms with Crippen LogP contribution in [0.4, 0.5) is 4.39 Å². The van der Waals surface area contributed by atoms with Crippen LogP contribution in [-0.4, -0.2) is 30.8 Å². The monoisotopic (exact) mass is 315 g/mol. The molecular weight excluding hydrogens is 297 g/mol. The normalized spacial score (nSPS) is 23.4. The lowest BCUT2D eigenvalue weighted by molar-refractivity contribution is -0.128. The number of rotatable bonds is 4. The Morgan fingerprint density at radius 1 is 1.57 bits per heavy atom. The zero-order valence-electron chi connectivity index (χ0n) is 12.1. The van der Waals surface area contributed by atoms with Crippen LogP contribution in [0, 0.1) is 5.82 Å². The van der Waals surface area contributed by atoms with E-state index in [1.807, 2.05) is 6.92 Å². The van der Waals surface area contributed by atoms with E-state index in [1.165, 1.54) is 12.1 Å². The van der Waals surface area contributed by atoms with E-state index in [-0.39, 0.29) is 23.1 Å². The quantitative estimate of drug-likeness (QED) is 0.929. The Labute approximate surface area is 128 Å². The molecule has 1 saturated heterocycles. The van der Waals surface area contributed by atoms with Crippen molar-refractivity contribution >= 4 is 17.5 Å². The smallest absolute Gasteiger partial charge is 0.260 e. The van der Waals surface area contributed by atoms with Crippen LogP contribution >= 0.6 is 11.6 Å². The fourth-order valence-corrected chi connectivity index (χ4v) is 2.47. The molecule has 0 aliphatic carbocycles. The average molecular weight is 316 g/mol. The highest BCUT2D eigenvalue weighted by molar-refractivity contribution is 6.32. The summed E-state index contributed by atoms with van der Waals surface area (Å²) in [6, 6.07) is 3.90. The van der Waals surface area contributed by atoms with Gasteiger partial charge in [0.2, 0.25) is 0 Å². The summed E-state index contributed by atoms with van der Waals surface area (Å²) in [4.78, 5) is 12.1. The summed E-state index contributed by atoms with van der Waals surface area (Å²) in [5.74, 6) is -0.365. The Morgan fingerprint density at radius 3 is 3.00 bits per heavy atom. The van der Waals surface area contributed by atoms with Crippen LogP contribution in [0.3, 0.4) is 0 Å². The van der Waals surface area contributed by atoms with Crippen molar-refractivity contribution in [2.75, 3.05) is 6.61 Å². The molecule has 0 aromatic heterocycles. The van der Waals surface area contributed by atoms with E-state index in [2.05, 4.69) is 5.32 Å². The molecule has 1 aliphatic rings. The van der Waals surface area contributed by atoms with Crippen LogP contribution < -0.4 is 10.1 Å². The predicted octanol–water partition coefficient (Wildman–Crippen LogP) is 2.93. The van der Waals surface area contributed by atoms with Crippen molar-refractivity contribution in [1.82, 2.24) is 5.32 Å². The van der Waals surface area contributed by atoms with Gasteiger partial charge < -0.3 is 14.8 Å². The van der Waals surface area contributed by atoms with Crippen molar-refractivity contribution < 1.29 is 18.7 Å².